The van der Waals surface area contributed by atoms with Gasteiger partial charge in [-0.05, 0) is 80.8 Å². The summed E-state index contributed by atoms with van der Waals surface area (Å²) in [6.07, 6.45) is 0. The van der Waals surface area contributed by atoms with Crippen molar-refractivity contribution in [1.82, 2.24) is 0 Å². The van der Waals surface area contributed by atoms with Gasteiger partial charge in [0.05, 0.1) is 17.3 Å². The first-order valence-electron chi connectivity index (χ1n) is 20.4. The van der Waals surface area contributed by atoms with E-state index in [1.807, 2.05) is 18.2 Å². The van der Waals surface area contributed by atoms with E-state index in [9.17, 15) is 0 Å². The molecule has 1 aliphatic rings. The van der Waals surface area contributed by atoms with Gasteiger partial charge in [0.15, 0.2) is 5.84 Å². The Balaban J connectivity index is 1.00. The summed E-state index contributed by atoms with van der Waals surface area (Å²) >= 11 is 0. The number of aliphatic imine (C=N–C) groups is 2. The fraction of sp³-hybridized carbons (Fsp3) is 0.0909. The first-order chi connectivity index (χ1) is 29.1. The van der Waals surface area contributed by atoms with Gasteiger partial charge in [0.25, 0.3) is 0 Å². The van der Waals surface area contributed by atoms with Gasteiger partial charge >= 0.3 is 0 Å². The van der Waals surface area contributed by atoms with E-state index in [-0.39, 0.29) is 17.9 Å². The van der Waals surface area contributed by atoms with Gasteiger partial charge in [-0.3, -0.25) is 4.99 Å². The van der Waals surface area contributed by atoms with Crippen molar-refractivity contribution in [3.8, 4) is 33.4 Å². The Hall–Kier alpha value is -7.30. The Morgan fingerprint density at radius 2 is 0.932 bits per heavy atom. The SMILES string of the molecule is CC1C(c2ccc(-c3ccc(-c4ccccc4)cc3)cc2)=NC(c2cccc3c2oc2ccccc23)=NC(c2ccc3c(c2)oc2cc(-c4ccccc4)ccc23)[C@@H]1C. The number of benzene rings is 8. The van der Waals surface area contributed by atoms with E-state index < -0.39 is 0 Å². The van der Waals surface area contributed by atoms with E-state index >= 15 is 0 Å². The second-order valence-corrected chi connectivity index (χ2v) is 15.8. The molecule has 0 saturated carbocycles. The van der Waals surface area contributed by atoms with Crippen LogP contribution in [0.15, 0.2) is 207 Å². The zero-order valence-corrected chi connectivity index (χ0v) is 32.8. The van der Waals surface area contributed by atoms with E-state index in [4.69, 9.17) is 18.8 Å². The molecule has 10 aromatic rings. The highest BCUT2D eigenvalue weighted by atomic mass is 16.3. The minimum Gasteiger partial charge on any atom is -0.456 e. The molecule has 1 aliphatic heterocycles. The number of fused-ring (bicyclic) bond motifs is 6. The molecule has 2 unspecified atom stereocenters. The topological polar surface area (TPSA) is 51.0 Å². The molecule has 0 saturated heterocycles. The second kappa shape index (κ2) is 14.3. The zero-order chi connectivity index (χ0) is 39.5. The van der Waals surface area contributed by atoms with Crippen molar-refractivity contribution in [1.29, 1.82) is 0 Å². The monoisotopic (exact) mass is 760 g/mol. The average Bonchev–Trinajstić information content (AvgIpc) is 3.83. The van der Waals surface area contributed by atoms with Crippen LogP contribution in [0.3, 0.4) is 0 Å². The lowest BCUT2D eigenvalue weighted by atomic mass is 9.81. The van der Waals surface area contributed by atoms with Crippen molar-refractivity contribution in [2.75, 3.05) is 0 Å². The summed E-state index contributed by atoms with van der Waals surface area (Å²) in [6.45, 7) is 4.59. The van der Waals surface area contributed by atoms with Crippen molar-refractivity contribution >= 4 is 55.4 Å². The van der Waals surface area contributed by atoms with E-state index in [1.54, 1.807) is 0 Å². The van der Waals surface area contributed by atoms with Gasteiger partial charge in [-0.25, -0.2) is 4.99 Å². The molecule has 11 rings (SSSR count). The van der Waals surface area contributed by atoms with Gasteiger partial charge in [0, 0.05) is 27.5 Å². The zero-order valence-electron chi connectivity index (χ0n) is 32.8. The summed E-state index contributed by atoms with van der Waals surface area (Å²) in [5.41, 5.74) is 14.5. The summed E-state index contributed by atoms with van der Waals surface area (Å²) in [6, 6.07) is 66.1. The maximum Gasteiger partial charge on any atom is 0.159 e. The van der Waals surface area contributed by atoms with Crippen LogP contribution in [0.5, 0.6) is 0 Å². The van der Waals surface area contributed by atoms with Crippen molar-refractivity contribution in [3.63, 3.8) is 0 Å². The number of para-hydroxylation sites is 2. The van der Waals surface area contributed by atoms with Gasteiger partial charge in [-0.1, -0.05) is 172 Å². The molecule has 2 aromatic heterocycles. The van der Waals surface area contributed by atoms with E-state index in [1.165, 1.54) is 22.3 Å². The molecule has 282 valence electrons. The molecule has 4 heteroatoms. The van der Waals surface area contributed by atoms with Gasteiger partial charge in [-0.15, -0.1) is 0 Å². The van der Waals surface area contributed by atoms with Crippen LogP contribution in [0.2, 0.25) is 0 Å². The first-order valence-corrected chi connectivity index (χ1v) is 20.4. The van der Waals surface area contributed by atoms with Crippen LogP contribution in [0.25, 0.3) is 77.3 Å². The number of rotatable bonds is 6. The molecule has 0 bridgehead atoms. The first kappa shape index (κ1) is 34.9. The summed E-state index contributed by atoms with van der Waals surface area (Å²) in [5.74, 6) is 0.855. The molecule has 59 heavy (non-hydrogen) atoms. The van der Waals surface area contributed by atoms with Crippen molar-refractivity contribution in [3.05, 3.63) is 205 Å². The fourth-order valence-electron chi connectivity index (χ4n) is 8.88. The normalized spacial score (nSPS) is 17.0. The molecule has 8 aromatic carbocycles. The standard InChI is InChI=1S/C55H40N2O2/c1-34-35(2)53(43-29-31-46-45-30-28-42(37-14-7-4-8-15-37)32-50(45)58-51(46)33-43)57-55(48-18-11-17-47-44-16-9-10-19-49(44)59-54(47)48)56-52(34)41-26-24-40(25-27-41)39-22-20-38(21-23-39)36-12-5-3-6-13-36/h3-35,53H,1-2H3/t34?,35-,53?/m1/s1. The predicted octanol–water partition coefficient (Wildman–Crippen LogP) is 14.7. The lowest BCUT2D eigenvalue weighted by Crippen LogP contribution is -2.23. The molecule has 0 amide bonds. The van der Waals surface area contributed by atoms with E-state index in [0.29, 0.717) is 5.84 Å². The van der Waals surface area contributed by atoms with Crippen LogP contribution < -0.4 is 0 Å². The van der Waals surface area contributed by atoms with Gasteiger partial charge in [0.1, 0.15) is 22.3 Å². The minimum absolute atomic E-state index is 0.0759. The smallest absolute Gasteiger partial charge is 0.159 e. The molecule has 0 fully saturated rings. The van der Waals surface area contributed by atoms with Crippen LogP contribution in [-0.4, -0.2) is 11.5 Å². The highest BCUT2D eigenvalue weighted by Crippen LogP contribution is 2.41. The molecule has 4 nitrogen and oxygen atoms in total. The van der Waals surface area contributed by atoms with Crippen LogP contribution in [0.4, 0.5) is 0 Å². The lowest BCUT2D eigenvalue weighted by Gasteiger charge is -2.26. The summed E-state index contributed by atoms with van der Waals surface area (Å²) in [7, 11) is 0. The Bertz CT molecular complexity index is 3230. The third-order valence-corrected chi connectivity index (χ3v) is 12.3. The Morgan fingerprint density at radius 1 is 0.407 bits per heavy atom. The lowest BCUT2D eigenvalue weighted by molar-refractivity contribution is 0.406. The molecule has 0 N–H and O–H groups in total. The number of furan rings is 2. The molecule has 0 aliphatic carbocycles. The van der Waals surface area contributed by atoms with Crippen molar-refractivity contribution < 1.29 is 8.83 Å². The molecule has 3 heterocycles. The number of amidine groups is 1. The largest absolute Gasteiger partial charge is 0.456 e. The highest BCUT2D eigenvalue weighted by molar-refractivity contribution is 6.19. The second-order valence-electron chi connectivity index (χ2n) is 15.8. The Labute approximate surface area is 342 Å². The molecule has 0 spiro atoms. The molecular weight excluding hydrogens is 721 g/mol. The van der Waals surface area contributed by atoms with Gasteiger partial charge < -0.3 is 8.83 Å². The molecule has 3 atom stereocenters. The maximum atomic E-state index is 6.62. The van der Waals surface area contributed by atoms with Crippen LogP contribution >= 0.6 is 0 Å². The van der Waals surface area contributed by atoms with Crippen LogP contribution in [-0.2, 0) is 0 Å². The summed E-state index contributed by atoms with van der Waals surface area (Å²) in [5, 5.41) is 4.34. The van der Waals surface area contributed by atoms with Crippen LogP contribution in [0, 0.1) is 11.8 Å². The molecular formula is C55H40N2O2. The average molecular weight is 761 g/mol. The highest BCUT2D eigenvalue weighted by Gasteiger charge is 2.33. The maximum absolute atomic E-state index is 6.62. The fourth-order valence-corrected chi connectivity index (χ4v) is 8.88. The third kappa shape index (κ3) is 6.16. The Kier molecular flexibility index (Phi) is 8.44. The minimum atomic E-state index is -0.194. The summed E-state index contributed by atoms with van der Waals surface area (Å²) in [4.78, 5) is 11.1. The van der Waals surface area contributed by atoms with Gasteiger partial charge in [0.2, 0.25) is 0 Å². The Morgan fingerprint density at radius 3 is 1.63 bits per heavy atom. The van der Waals surface area contributed by atoms with E-state index in [0.717, 1.165) is 77.4 Å². The number of hydrogen-bond acceptors (Lipinski definition) is 4. The third-order valence-electron chi connectivity index (χ3n) is 12.3. The van der Waals surface area contributed by atoms with Crippen molar-refractivity contribution in [2.24, 2.45) is 21.8 Å². The number of hydrogen-bond donors (Lipinski definition) is 0. The molecule has 0 radical (unpaired) electrons. The quantitative estimate of drug-likeness (QED) is 0.169. The van der Waals surface area contributed by atoms with Gasteiger partial charge in [-0.2, -0.15) is 0 Å². The van der Waals surface area contributed by atoms with Crippen molar-refractivity contribution in [2.45, 2.75) is 19.9 Å². The van der Waals surface area contributed by atoms with Crippen LogP contribution in [0.1, 0.15) is 36.6 Å². The predicted molar refractivity (Wildman–Crippen MR) is 244 cm³/mol. The number of nitrogens with zero attached hydrogens (tertiary/aromatic N) is 2. The summed E-state index contributed by atoms with van der Waals surface area (Å²) < 4.78 is 13.2. The van der Waals surface area contributed by atoms with E-state index in [2.05, 4.69) is 184 Å².